The first-order valence-electron chi connectivity index (χ1n) is 10.4. The third-order valence-electron chi connectivity index (χ3n) is 5.67. The van der Waals surface area contributed by atoms with Crippen LogP contribution in [-0.2, 0) is 6.42 Å². The molecular weight excluding hydrogens is 358 g/mol. The Morgan fingerprint density at radius 1 is 1.00 bits per heavy atom. The number of Topliss-reactive ketones (excluding diaryl/α,β-unsaturated/α-hetero) is 1. The molecule has 4 rings (SSSR count). The zero-order chi connectivity index (χ0) is 20.4. The summed E-state index contributed by atoms with van der Waals surface area (Å²) < 4.78 is 1.93. The molecule has 2 aromatic carbocycles. The molecule has 0 bridgehead atoms. The van der Waals surface area contributed by atoms with Crippen LogP contribution in [-0.4, -0.2) is 28.7 Å². The summed E-state index contributed by atoms with van der Waals surface area (Å²) in [5, 5.41) is 4.67. The lowest BCUT2D eigenvalue weighted by molar-refractivity contribution is 0.102. The largest absolute Gasteiger partial charge is 0.372 e. The predicted octanol–water partition coefficient (Wildman–Crippen LogP) is 5.24. The summed E-state index contributed by atoms with van der Waals surface area (Å²) in [5.74, 6) is 0.110. The maximum Gasteiger partial charge on any atom is 0.192 e. The van der Waals surface area contributed by atoms with Crippen LogP contribution in [0.2, 0.25) is 0 Å². The fourth-order valence-corrected chi connectivity index (χ4v) is 4.12. The highest BCUT2D eigenvalue weighted by Crippen LogP contribution is 2.30. The van der Waals surface area contributed by atoms with Crippen LogP contribution in [0.25, 0.3) is 11.8 Å². The maximum atomic E-state index is 13.2. The number of aromatic nitrogens is 2. The number of hydrogen-bond acceptors (Lipinski definition) is 3. The molecule has 4 nitrogen and oxygen atoms in total. The fraction of sp³-hybridized carbons (Fsp3) is 0.280. The standard InChI is InChI=1S/C25H27N3O/c1-4-27(5-2)21-14-11-19(12-15-21)17-20-13-16-23-24(25(20)29)18(3)26-28(23)22-9-7-6-8-10-22/h6-12,14-15,17H,4-5,13,16H2,1-3H3/b20-17+. The number of nitrogens with zero attached hydrogens (tertiary/aromatic N) is 3. The molecule has 0 saturated heterocycles. The number of hydrogen-bond donors (Lipinski definition) is 0. The van der Waals surface area contributed by atoms with E-state index in [1.807, 2.05) is 48.0 Å². The second-order valence-corrected chi connectivity index (χ2v) is 7.42. The molecule has 148 valence electrons. The molecule has 0 aliphatic heterocycles. The minimum Gasteiger partial charge on any atom is -0.372 e. The van der Waals surface area contributed by atoms with E-state index in [9.17, 15) is 4.79 Å². The Bertz CT molecular complexity index is 1040. The molecule has 0 saturated carbocycles. The summed E-state index contributed by atoms with van der Waals surface area (Å²) >= 11 is 0. The Morgan fingerprint density at radius 2 is 1.69 bits per heavy atom. The number of benzene rings is 2. The highest BCUT2D eigenvalue weighted by molar-refractivity contribution is 6.13. The molecule has 29 heavy (non-hydrogen) atoms. The quantitative estimate of drug-likeness (QED) is 0.564. The molecule has 0 N–H and O–H groups in total. The fourth-order valence-electron chi connectivity index (χ4n) is 4.12. The monoisotopic (exact) mass is 385 g/mol. The number of ketones is 1. The van der Waals surface area contributed by atoms with Gasteiger partial charge in [-0.2, -0.15) is 5.10 Å². The van der Waals surface area contributed by atoms with Crippen molar-refractivity contribution in [1.29, 1.82) is 0 Å². The number of allylic oxidation sites excluding steroid dienone is 1. The Labute approximate surface area is 172 Å². The number of carbonyl (C=O) groups is 1. The first kappa shape index (κ1) is 19.2. The van der Waals surface area contributed by atoms with Gasteiger partial charge in [-0.25, -0.2) is 4.68 Å². The molecule has 1 heterocycles. The van der Waals surface area contributed by atoms with E-state index < -0.39 is 0 Å². The van der Waals surface area contributed by atoms with Gasteiger partial charge in [0.15, 0.2) is 5.78 Å². The van der Waals surface area contributed by atoms with Crippen LogP contribution in [0, 0.1) is 6.92 Å². The van der Waals surface area contributed by atoms with Gasteiger partial charge in [0.05, 0.1) is 22.6 Å². The highest BCUT2D eigenvalue weighted by atomic mass is 16.1. The first-order chi connectivity index (χ1) is 14.1. The van der Waals surface area contributed by atoms with Crippen LogP contribution >= 0.6 is 0 Å². The summed E-state index contributed by atoms with van der Waals surface area (Å²) in [6.07, 6.45) is 3.60. The molecule has 1 aromatic heterocycles. The third kappa shape index (κ3) is 3.63. The lowest BCUT2D eigenvalue weighted by atomic mass is 9.88. The van der Waals surface area contributed by atoms with Gasteiger partial charge in [0.1, 0.15) is 0 Å². The van der Waals surface area contributed by atoms with Gasteiger partial charge in [-0.15, -0.1) is 0 Å². The van der Waals surface area contributed by atoms with Gasteiger partial charge >= 0.3 is 0 Å². The molecule has 3 aromatic rings. The highest BCUT2D eigenvalue weighted by Gasteiger charge is 2.29. The number of carbonyl (C=O) groups excluding carboxylic acids is 1. The molecule has 0 unspecified atom stereocenters. The SMILES string of the molecule is CCN(CC)c1ccc(/C=C2\CCc3c(c(C)nn3-c3ccccc3)C2=O)cc1. The summed E-state index contributed by atoms with van der Waals surface area (Å²) in [5.41, 5.74) is 6.75. The zero-order valence-electron chi connectivity index (χ0n) is 17.4. The average molecular weight is 386 g/mol. The van der Waals surface area contributed by atoms with Crippen LogP contribution in [0.4, 0.5) is 5.69 Å². The molecule has 0 spiro atoms. The van der Waals surface area contributed by atoms with E-state index >= 15 is 0 Å². The minimum atomic E-state index is 0.110. The van der Waals surface area contributed by atoms with Crippen molar-refractivity contribution < 1.29 is 4.79 Å². The van der Waals surface area contributed by atoms with E-state index in [0.717, 1.165) is 59.7 Å². The van der Waals surface area contributed by atoms with E-state index in [1.54, 1.807) is 0 Å². The van der Waals surface area contributed by atoms with E-state index in [1.165, 1.54) is 5.69 Å². The van der Waals surface area contributed by atoms with Crippen LogP contribution in [0.1, 0.15) is 47.6 Å². The van der Waals surface area contributed by atoms with Crippen LogP contribution in [0.5, 0.6) is 0 Å². The summed E-state index contributed by atoms with van der Waals surface area (Å²) in [4.78, 5) is 15.5. The van der Waals surface area contributed by atoms with Crippen molar-refractivity contribution in [2.45, 2.75) is 33.6 Å². The minimum absolute atomic E-state index is 0.110. The van der Waals surface area contributed by atoms with Crippen molar-refractivity contribution >= 4 is 17.5 Å². The van der Waals surface area contributed by atoms with Crippen molar-refractivity contribution in [1.82, 2.24) is 9.78 Å². The lowest BCUT2D eigenvalue weighted by Crippen LogP contribution is -2.21. The maximum absolute atomic E-state index is 13.2. The number of fused-ring (bicyclic) bond motifs is 1. The first-order valence-corrected chi connectivity index (χ1v) is 10.4. The van der Waals surface area contributed by atoms with Gasteiger partial charge in [-0.05, 0) is 69.5 Å². The van der Waals surface area contributed by atoms with Gasteiger partial charge in [0.2, 0.25) is 0 Å². The van der Waals surface area contributed by atoms with Gasteiger partial charge < -0.3 is 4.90 Å². The van der Waals surface area contributed by atoms with E-state index in [4.69, 9.17) is 0 Å². The number of para-hydroxylation sites is 1. The topological polar surface area (TPSA) is 38.1 Å². The molecule has 4 heteroatoms. The number of rotatable bonds is 5. The van der Waals surface area contributed by atoms with Crippen LogP contribution in [0.3, 0.4) is 0 Å². The van der Waals surface area contributed by atoms with Crippen LogP contribution < -0.4 is 4.90 Å². The number of anilines is 1. The van der Waals surface area contributed by atoms with Gasteiger partial charge in [-0.3, -0.25) is 4.79 Å². The van der Waals surface area contributed by atoms with Crippen molar-refractivity contribution in [3.8, 4) is 5.69 Å². The smallest absolute Gasteiger partial charge is 0.192 e. The van der Waals surface area contributed by atoms with Gasteiger partial charge in [0.25, 0.3) is 0 Å². The van der Waals surface area contributed by atoms with Crippen molar-refractivity contribution in [2.24, 2.45) is 0 Å². The third-order valence-corrected chi connectivity index (χ3v) is 5.67. The zero-order valence-corrected chi connectivity index (χ0v) is 17.4. The van der Waals surface area contributed by atoms with Crippen molar-refractivity contribution in [3.63, 3.8) is 0 Å². The predicted molar refractivity (Wildman–Crippen MR) is 119 cm³/mol. The summed E-state index contributed by atoms with van der Waals surface area (Å²) in [6, 6.07) is 18.5. The van der Waals surface area contributed by atoms with Gasteiger partial charge in [-0.1, -0.05) is 30.3 Å². The second kappa shape index (κ2) is 8.08. The van der Waals surface area contributed by atoms with E-state index in [-0.39, 0.29) is 5.78 Å². The normalized spacial score (nSPS) is 14.9. The summed E-state index contributed by atoms with van der Waals surface area (Å²) in [7, 11) is 0. The Kier molecular flexibility index (Phi) is 5.34. The summed E-state index contributed by atoms with van der Waals surface area (Å²) in [6.45, 7) is 8.23. The molecule has 1 aliphatic carbocycles. The Hall–Kier alpha value is -3.14. The van der Waals surface area contributed by atoms with Crippen molar-refractivity contribution in [3.05, 3.63) is 82.7 Å². The molecule has 1 aliphatic rings. The van der Waals surface area contributed by atoms with E-state index in [2.05, 4.69) is 48.1 Å². The molecule has 0 fully saturated rings. The second-order valence-electron chi connectivity index (χ2n) is 7.42. The Balaban J connectivity index is 1.64. The lowest BCUT2D eigenvalue weighted by Gasteiger charge is -2.21. The Morgan fingerprint density at radius 3 is 2.34 bits per heavy atom. The van der Waals surface area contributed by atoms with Crippen molar-refractivity contribution in [2.75, 3.05) is 18.0 Å². The molecule has 0 radical (unpaired) electrons. The molecule has 0 atom stereocenters. The van der Waals surface area contributed by atoms with Crippen LogP contribution in [0.15, 0.2) is 60.2 Å². The number of aryl methyl sites for hydroxylation is 1. The van der Waals surface area contributed by atoms with E-state index in [0.29, 0.717) is 0 Å². The molecular formula is C25H27N3O. The average Bonchev–Trinajstić information content (AvgIpc) is 3.10. The van der Waals surface area contributed by atoms with Gasteiger partial charge in [0, 0.05) is 24.4 Å². The molecule has 0 amide bonds.